The monoisotopic (exact) mass is 480 g/mol. The Balaban J connectivity index is 3.18. The van der Waals surface area contributed by atoms with Gasteiger partial charge < -0.3 is 0 Å². The molecule has 0 spiro atoms. The second-order valence-corrected chi connectivity index (χ2v) is 11.7. The van der Waals surface area contributed by atoms with E-state index in [9.17, 15) is 13.2 Å². The molecule has 0 fully saturated rings. The van der Waals surface area contributed by atoms with Crippen LogP contribution in [0.15, 0.2) is 28.7 Å². The van der Waals surface area contributed by atoms with Gasteiger partial charge >= 0.3 is 0 Å². The summed E-state index contributed by atoms with van der Waals surface area (Å²) >= 11 is 7.79. The first-order valence-electron chi connectivity index (χ1n) is 4.04. The maximum atomic E-state index is 12.0. The molecule has 1 aromatic rings. The van der Waals surface area contributed by atoms with Crippen LogP contribution in [0.2, 0.25) is 0 Å². The lowest BCUT2D eigenvalue weighted by atomic mass is 10.1. The van der Waals surface area contributed by atoms with Crippen LogP contribution < -0.4 is 0 Å². The largest absolute Gasteiger partial charge is 0.290 e. The predicted molar refractivity (Wildman–Crippen MR) is 79.0 cm³/mol. The van der Waals surface area contributed by atoms with Crippen molar-refractivity contribution >= 4 is 70.1 Å². The number of Topliss-reactive ketones (excluding diaryl/α,β-unsaturated/α-hetero) is 1. The first-order valence-corrected chi connectivity index (χ1v) is 8.59. The van der Waals surface area contributed by atoms with Crippen LogP contribution in [0.3, 0.4) is 0 Å². The summed E-state index contributed by atoms with van der Waals surface area (Å²) in [5, 5.41) is 0. The number of halogens is 3. The minimum atomic E-state index is -3.52. The molecule has 1 rings (SSSR count). The number of alkyl halides is 2. The summed E-state index contributed by atoms with van der Waals surface area (Å²) in [6.45, 7) is 0. The normalized spacial score (nSPS) is 15.5. The minimum Gasteiger partial charge on any atom is -0.290 e. The molecule has 88 valence electrons. The van der Waals surface area contributed by atoms with E-state index in [1.165, 1.54) is 0 Å². The van der Waals surface area contributed by atoms with Crippen molar-refractivity contribution in [2.24, 2.45) is 0 Å². The lowest BCUT2D eigenvalue weighted by Gasteiger charge is -2.16. The summed E-state index contributed by atoms with van der Waals surface area (Å²) in [5.41, 5.74) is 0.347. The number of rotatable bonds is 3. The van der Waals surface area contributed by atoms with Gasteiger partial charge in [-0.1, -0.05) is 28.1 Å². The molecule has 0 N–H and O–H groups in total. The van der Waals surface area contributed by atoms with Crippen LogP contribution in [0, 0.1) is 0 Å². The van der Waals surface area contributed by atoms with Gasteiger partial charge in [0.1, 0.15) is 0 Å². The highest BCUT2D eigenvalue weighted by Crippen LogP contribution is 2.36. The smallest absolute Gasteiger partial charge is 0.238 e. The standard InChI is InChI=1S/C9H7Br2IO3S/c1-16(14,15)9(11,12)8(13)6-2-4-7(10)5-3-6/h2-5H,1H3/t9-/m0/s1. The van der Waals surface area contributed by atoms with Gasteiger partial charge in [0.05, 0.1) is 0 Å². The zero-order valence-electron chi connectivity index (χ0n) is 8.08. The molecule has 16 heavy (non-hydrogen) atoms. The molecule has 0 bridgehead atoms. The fourth-order valence-electron chi connectivity index (χ4n) is 0.938. The third-order valence-electron chi connectivity index (χ3n) is 1.84. The maximum absolute atomic E-state index is 12.0. The van der Waals surface area contributed by atoms with Gasteiger partial charge in [-0.15, -0.1) is 0 Å². The van der Waals surface area contributed by atoms with Crippen molar-refractivity contribution < 1.29 is 13.2 Å². The quantitative estimate of drug-likeness (QED) is 0.378. The van der Waals surface area contributed by atoms with Crippen molar-refractivity contribution in [1.29, 1.82) is 0 Å². The molecule has 0 saturated carbocycles. The molecule has 0 aliphatic heterocycles. The fraction of sp³-hybridized carbons (Fsp3) is 0.222. The summed E-state index contributed by atoms with van der Waals surface area (Å²) < 4.78 is 22.1. The molecular formula is C9H7Br2IO3S. The molecule has 7 heteroatoms. The van der Waals surface area contributed by atoms with Crippen molar-refractivity contribution in [2.75, 3.05) is 6.26 Å². The molecule has 0 amide bonds. The van der Waals surface area contributed by atoms with Crippen molar-refractivity contribution in [3.63, 3.8) is 0 Å². The SMILES string of the molecule is CS(=O)(=O)[C@@](Br)(I)C(=O)c1ccc(Br)cc1. The Morgan fingerprint density at radius 3 is 2.12 bits per heavy atom. The average molecular weight is 482 g/mol. The Kier molecular flexibility index (Phi) is 4.59. The van der Waals surface area contributed by atoms with Crippen LogP contribution in [0.5, 0.6) is 0 Å². The van der Waals surface area contributed by atoms with E-state index >= 15 is 0 Å². The van der Waals surface area contributed by atoms with E-state index in [0.717, 1.165) is 10.7 Å². The van der Waals surface area contributed by atoms with Gasteiger partial charge in [-0.25, -0.2) is 8.42 Å². The van der Waals surface area contributed by atoms with Crippen molar-refractivity contribution in [3.8, 4) is 0 Å². The number of benzene rings is 1. The maximum Gasteiger partial charge on any atom is 0.238 e. The van der Waals surface area contributed by atoms with Crippen LogP contribution >= 0.6 is 54.5 Å². The second-order valence-electron chi connectivity index (χ2n) is 3.12. The molecule has 0 aliphatic rings. The van der Waals surface area contributed by atoms with Crippen LogP contribution in [-0.2, 0) is 9.84 Å². The van der Waals surface area contributed by atoms with E-state index in [-0.39, 0.29) is 0 Å². The Morgan fingerprint density at radius 1 is 1.31 bits per heavy atom. The highest BCUT2D eigenvalue weighted by atomic mass is 127. The number of carbonyl (C=O) groups excluding carboxylic acids is 1. The Bertz CT molecular complexity index is 508. The molecular weight excluding hydrogens is 475 g/mol. The van der Waals surface area contributed by atoms with Crippen LogP contribution in [-0.4, -0.2) is 22.1 Å². The van der Waals surface area contributed by atoms with Crippen LogP contribution in [0.25, 0.3) is 0 Å². The first kappa shape index (κ1) is 14.6. The summed E-state index contributed by atoms with van der Waals surface area (Å²) in [6.07, 6.45) is 1.02. The van der Waals surface area contributed by atoms with Gasteiger partial charge in [0, 0.05) is 16.3 Å². The van der Waals surface area contributed by atoms with Gasteiger partial charge in [-0.2, -0.15) is 0 Å². The van der Waals surface area contributed by atoms with Crippen molar-refractivity contribution in [3.05, 3.63) is 34.3 Å². The minimum absolute atomic E-state index is 0.347. The molecule has 0 aromatic heterocycles. The summed E-state index contributed by atoms with van der Waals surface area (Å²) in [6, 6.07) is 6.53. The van der Waals surface area contributed by atoms with E-state index in [1.807, 2.05) is 0 Å². The van der Waals surface area contributed by atoms with E-state index in [0.29, 0.717) is 5.56 Å². The average Bonchev–Trinajstić information content (AvgIpc) is 2.16. The number of carbonyl (C=O) groups is 1. The number of ketones is 1. The third kappa shape index (κ3) is 3.05. The topological polar surface area (TPSA) is 51.2 Å². The summed E-state index contributed by atoms with van der Waals surface area (Å²) in [4.78, 5) is 12.0. The number of hydrogen-bond acceptors (Lipinski definition) is 3. The number of sulfone groups is 1. The summed E-state index contributed by atoms with van der Waals surface area (Å²) in [7, 11) is -3.52. The Morgan fingerprint density at radius 2 is 1.75 bits per heavy atom. The zero-order valence-corrected chi connectivity index (χ0v) is 14.2. The van der Waals surface area contributed by atoms with E-state index < -0.39 is 17.3 Å². The molecule has 3 nitrogen and oxygen atoms in total. The fourth-order valence-corrected chi connectivity index (χ4v) is 2.20. The molecule has 1 atom stereocenters. The Labute approximate surface area is 124 Å². The first-order chi connectivity index (χ1) is 7.16. The van der Waals surface area contributed by atoms with Gasteiger partial charge in [0.25, 0.3) is 0 Å². The van der Waals surface area contributed by atoms with Crippen LogP contribution in [0.1, 0.15) is 10.4 Å². The van der Waals surface area contributed by atoms with Crippen molar-refractivity contribution in [2.45, 2.75) is 1.66 Å². The van der Waals surface area contributed by atoms with Crippen molar-refractivity contribution in [1.82, 2.24) is 0 Å². The molecule has 0 aliphatic carbocycles. The van der Waals surface area contributed by atoms with Gasteiger partial charge in [-0.3, -0.25) is 4.79 Å². The molecule has 0 unspecified atom stereocenters. The zero-order chi connectivity index (χ0) is 12.6. The highest BCUT2D eigenvalue weighted by Gasteiger charge is 2.43. The lowest BCUT2D eigenvalue weighted by molar-refractivity contribution is 0.101. The molecule has 0 saturated heterocycles. The van der Waals surface area contributed by atoms with Gasteiger partial charge in [0.2, 0.25) is 7.45 Å². The van der Waals surface area contributed by atoms with E-state index in [1.54, 1.807) is 46.9 Å². The highest BCUT2D eigenvalue weighted by molar-refractivity contribution is 14.1. The van der Waals surface area contributed by atoms with Crippen LogP contribution in [0.4, 0.5) is 0 Å². The predicted octanol–water partition coefficient (Wildman–Crippen LogP) is 3.16. The second kappa shape index (κ2) is 5.03. The molecule has 1 aromatic carbocycles. The van der Waals surface area contributed by atoms with E-state index in [2.05, 4.69) is 31.9 Å². The van der Waals surface area contributed by atoms with Gasteiger partial charge in [-0.05, 0) is 50.7 Å². The molecule has 0 heterocycles. The van der Waals surface area contributed by atoms with E-state index in [4.69, 9.17) is 0 Å². The number of hydrogen-bond donors (Lipinski definition) is 0. The third-order valence-corrected chi connectivity index (χ3v) is 8.50. The summed E-state index contributed by atoms with van der Waals surface area (Å²) in [5.74, 6) is -0.483. The Hall–Kier alpha value is 0.530. The van der Waals surface area contributed by atoms with Gasteiger partial charge in [0.15, 0.2) is 9.84 Å². The lowest BCUT2D eigenvalue weighted by Crippen LogP contribution is -2.33. The molecule has 0 radical (unpaired) electrons.